The Kier molecular flexibility index (Phi) is 5.06. The summed E-state index contributed by atoms with van der Waals surface area (Å²) in [6, 6.07) is 20.4. The second-order valence-corrected chi connectivity index (χ2v) is 6.28. The molecule has 2 aromatic carbocycles. The van der Waals surface area contributed by atoms with Crippen LogP contribution in [0.3, 0.4) is 0 Å². The molecule has 3 atom stereocenters. The first-order chi connectivity index (χ1) is 9.18. The van der Waals surface area contributed by atoms with Gasteiger partial charge in [0.1, 0.15) is 0 Å². The van der Waals surface area contributed by atoms with E-state index in [0.717, 1.165) is 0 Å². The Balaban J connectivity index is 2.01. The van der Waals surface area contributed by atoms with E-state index in [4.69, 9.17) is 0 Å². The Morgan fingerprint density at radius 1 is 0.842 bits per heavy atom. The van der Waals surface area contributed by atoms with E-state index in [0.29, 0.717) is 0 Å². The maximum absolute atomic E-state index is 10.5. The van der Waals surface area contributed by atoms with Gasteiger partial charge in [-0.2, -0.15) is 0 Å². The molecule has 2 rings (SSSR count). The van der Waals surface area contributed by atoms with Gasteiger partial charge >= 0.3 is 0 Å². The van der Waals surface area contributed by atoms with Gasteiger partial charge in [0.2, 0.25) is 0 Å². The second-order valence-electron chi connectivity index (χ2n) is 4.83. The minimum Gasteiger partial charge on any atom is -0.391 e. The standard InChI is InChI=1S/C17H20OS/c1-13(15-9-5-3-6-10-15)17(18)14(2)19-16-11-7-4-8-12-16/h3-14,17-18H,1-2H3/t13-,14-,17+/m0/s1. The molecule has 0 aromatic heterocycles. The van der Waals surface area contributed by atoms with Crippen LogP contribution in [0.25, 0.3) is 0 Å². The second kappa shape index (κ2) is 6.78. The molecule has 2 aromatic rings. The Morgan fingerprint density at radius 3 is 1.95 bits per heavy atom. The van der Waals surface area contributed by atoms with Crippen molar-refractivity contribution in [2.24, 2.45) is 0 Å². The highest BCUT2D eigenvalue weighted by atomic mass is 32.2. The summed E-state index contributed by atoms with van der Waals surface area (Å²) in [5.74, 6) is 0.146. The van der Waals surface area contributed by atoms with E-state index in [2.05, 4.69) is 38.1 Å². The van der Waals surface area contributed by atoms with Crippen molar-refractivity contribution in [3.8, 4) is 0 Å². The van der Waals surface area contributed by atoms with Crippen LogP contribution in [-0.4, -0.2) is 16.5 Å². The van der Waals surface area contributed by atoms with Crippen molar-refractivity contribution in [2.75, 3.05) is 0 Å². The molecule has 0 aliphatic carbocycles. The van der Waals surface area contributed by atoms with Crippen molar-refractivity contribution in [1.82, 2.24) is 0 Å². The van der Waals surface area contributed by atoms with Crippen molar-refractivity contribution < 1.29 is 5.11 Å². The zero-order valence-electron chi connectivity index (χ0n) is 11.4. The fourth-order valence-corrected chi connectivity index (χ4v) is 3.26. The molecule has 19 heavy (non-hydrogen) atoms. The third kappa shape index (κ3) is 3.85. The molecule has 0 fully saturated rings. The minimum absolute atomic E-state index is 0.146. The topological polar surface area (TPSA) is 20.2 Å². The van der Waals surface area contributed by atoms with Crippen LogP contribution in [0, 0.1) is 0 Å². The lowest BCUT2D eigenvalue weighted by Gasteiger charge is -2.25. The van der Waals surface area contributed by atoms with E-state index >= 15 is 0 Å². The summed E-state index contributed by atoms with van der Waals surface area (Å²) in [6.45, 7) is 4.17. The van der Waals surface area contributed by atoms with Gasteiger partial charge in [-0.15, -0.1) is 11.8 Å². The average molecular weight is 272 g/mol. The number of thioether (sulfide) groups is 1. The Bertz CT molecular complexity index is 483. The summed E-state index contributed by atoms with van der Waals surface area (Å²) in [6.07, 6.45) is -0.354. The minimum atomic E-state index is -0.354. The lowest BCUT2D eigenvalue weighted by atomic mass is 9.94. The van der Waals surface area contributed by atoms with Crippen molar-refractivity contribution in [3.05, 3.63) is 66.2 Å². The van der Waals surface area contributed by atoms with Crippen molar-refractivity contribution in [1.29, 1.82) is 0 Å². The highest BCUT2D eigenvalue weighted by Crippen LogP contribution is 2.31. The summed E-state index contributed by atoms with van der Waals surface area (Å²) in [4.78, 5) is 1.20. The lowest BCUT2D eigenvalue weighted by molar-refractivity contribution is 0.150. The molecule has 0 heterocycles. The molecular weight excluding hydrogens is 252 g/mol. The number of rotatable bonds is 5. The van der Waals surface area contributed by atoms with Gasteiger partial charge in [0.05, 0.1) is 6.10 Å². The first-order valence-corrected chi connectivity index (χ1v) is 7.51. The molecule has 0 saturated carbocycles. The van der Waals surface area contributed by atoms with Crippen LogP contribution in [0.2, 0.25) is 0 Å². The zero-order valence-corrected chi connectivity index (χ0v) is 12.2. The van der Waals surface area contributed by atoms with E-state index in [1.54, 1.807) is 11.8 Å². The van der Waals surface area contributed by atoms with Gasteiger partial charge in [-0.25, -0.2) is 0 Å². The average Bonchev–Trinajstić information content (AvgIpc) is 2.47. The first kappa shape index (κ1) is 14.2. The van der Waals surface area contributed by atoms with Crippen LogP contribution in [0.5, 0.6) is 0 Å². The molecule has 0 aliphatic heterocycles. The van der Waals surface area contributed by atoms with Crippen molar-refractivity contribution in [2.45, 2.75) is 36.0 Å². The lowest BCUT2D eigenvalue weighted by Crippen LogP contribution is -2.26. The molecule has 1 N–H and O–H groups in total. The number of aliphatic hydroxyl groups is 1. The van der Waals surface area contributed by atoms with Gasteiger partial charge in [-0.05, 0) is 17.7 Å². The number of hydrogen-bond donors (Lipinski definition) is 1. The highest BCUT2D eigenvalue weighted by Gasteiger charge is 2.23. The number of benzene rings is 2. The van der Waals surface area contributed by atoms with Gasteiger partial charge in [0.15, 0.2) is 0 Å². The van der Waals surface area contributed by atoms with Crippen LogP contribution in [0.1, 0.15) is 25.3 Å². The predicted molar refractivity (Wildman–Crippen MR) is 82.6 cm³/mol. The Labute approximate surface area is 119 Å². The molecule has 0 unspecified atom stereocenters. The zero-order chi connectivity index (χ0) is 13.7. The predicted octanol–water partition coefficient (Wildman–Crippen LogP) is 4.33. The van der Waals surface area contributed by atoms with E-state index in [9.17, 15) is 5.11 Å². The first-order valence-electron chi connectivity index (χ1n) is 6.63. The van der Waals surface area contributed by atoms with Gasteiger partial charge in [-0.3, -0.25) is 0 Å². The monoisotopic (exact) mass is 272 g/mol. The van der Waals surface area contributed by atoms with Gasteiger partial charge < -0.3 is 5.11 Å². The molecule has 0 aliphatic rings. The summed E-state index contributed by atoms with van der Waals surface area (Å²) in [5.41, 5.74) is 1.19. The normalized spacial score (nSPS) is 15.7. The van der Waals surface area contributed by atoms with Crippen LogP contribution in [0.4, 0.5) is 0 Å². The van der Waals surface area contributed by atoms with Crippen LogP contribution >= 0.6 is 11.8 Å². The molecule has 100 valence electrons. The van der Waals surface area contributed by atoms with Crippen LogP contribution in [0.15, 0.2) is 65.6 Å². The van der Waals surface area contributed by atoms with Crippen molar-refractivity contribution in [3.63, 3.8) is 0 Å². The third-order valence-electron chi connectivity index (χ3n) is 3.38. The van der Waals surface area contributed by atoms with Crippen LogP contribution in [-0.2, 0) is 0 Å². The van der Waals surface area contributed by atoms with Crippen LogP contribution < -0.4 is 0 Å². The Hall–Kier alpha value is -1.25. The SMILES string of the molecule is C[C@H](Sc1ccccc1)[C@H](O)[C@@H](C)c1ccccc1. The maximum Gasteiger partial charge on any atom is 0.0725 e. The molecule has 0 saturated heterocycles. The van der Waals surface area contributed by atoms with E-state index in [1.165, 1.54) is 10.5 Å². The van der Waals surface area contributed by atoms with Gasteiger partial charge in [0, 0.05) is 16.1 Å². The summed E-state index contributed by atoms with van der Waals surface area (Å²) < 4.78 is 0. The van der Waals surface area contributed by atoms with Gasteiger partial charge in [-0.1, -0.05) is 62.4 Å². The van der Waals surface area contributed by atoms with Crippen molar-refractivity contribution >= 4 is 11.8 Å². The van der Waals surface area contributed by atoms with E-state index < -0.39 is 0 Å². The number of aliphatic hydroxyl groups excluding tert-OH is 1. The summed E-state index contributed by atoms with van der Waals surface area (Å²) >= 11 is 1.72. The quantitative estimate of drug-likeness (QED) is 0.817. The fraction of sp³-hybridized carbons (Fsp3) is 0.294. The molecule has 2 heteroatoms. The smallest absolute Gasteiger partial charge is 0.0725 e. The largest absolute Gasteiger partial charge is 0.391 e. The molecule has 0 radical (unpaired) electrons. The molecule has 0 amide bonds. The summed E-state index contributed by atoms with van der Waals surface area (Å²) in [7, 11) is 0. The fourth-order valence-electron chi connectivity index (χ4n) is 2.14. The van der Waals surface area contributed by atoms with E-state index in [-0.39, 0.29) is 17.3 Å². The molecule has 0 bridgehead atoms. The Morgan fingerprint density at radius 2 is 1.37 bits per heavy atom. The molecule has 1 nitrogen and oxygen atoms in total. The highest BCUT2D eigenvalue weighted by molar-refractivity contribution is 8.00. The maximum atomic E-state index is 10.5. The number of hydrogen-bond acceptors (Lipinski definition) is 2. The summed E-state index contributed by atoms with van der Waals surface area (Å²) in [5, 5.41) is 10.6. The van der Waals surface area contributed by atoms with Gasteiger partial charge in [0.25, 0.3) is 0 Å². The third-order valence-corrected chi connectivity index (χ3v) is 4.58. The molecular formula is C17H20OS. The molecule has 0 spiro atoms. The van der Waals surface area contributed by atoms with E-state index in [1.807, 2.05) is 36.4 Å².